The zero-order valence-electron chi connectivity index (χ0n) is 13.9. The molecule has 2 amide bonds. The van der Waals surface area contributed by atoms with Crippen molar-refractivity contribution in [1.82, 2.24) is 9.88 Å². The lowest BCUT2D eigenvalue weighted by Crippen LogP contribution is -2.43. The van der Waals surface area contributed by atoms with Gasteiger partial charge < -0.3 is 15.2 Å². The average Bonchev–Trinajstić information content (AvgIpc) is 3.06. The molecule has 3 rings (SSSR count). The number of halogens is 3. The fourth-order valence-electron chi connectivity index (χ4n) is 3.98. The number of amides is 2. The first-order valence-electron chi connectivity index (χ1n) is 8.74. The predicted molar refractivity (Wildman–Crippen MR) is 87.4 cm³/mol. The Morgan fingerprint density at radius 2 is 1.88 bits per heavy atom. The Morgan fingerprint density at radius 1 is 1.16 bits per heavy atom. The molecule has 2 aliphatic rings. The van der Waals surface area contributed by atoms with E-state index in [1.54, 1.807) is 4.90 Å². The molecular formula is C17H22F3N3O2. The van der Waals surface area contributed by atoms with Crippen molar-refractivity contribution in [1.29, 1.82) is 0 Å². The molecule has 138 valence electrons. The number of aromatic nitrogens is 1. The fraction of sp³-hybridized carbons (Fsp3) is 0.647. The van der Waals surface area contributed by atoms with Crippen molar-refractivity contribution >= 4 is 11.7 Å². The van der Waals surface area contributed by atoms with Crippen LogP contribution < -0.4 is 10.9 Å². The topological polar surface area (TPSA) is 65.2 Å². The molecule has 0 unspecified atom stereocenters. The highest BCUT2D eigenvalue weighted by atomic mass is 19.4. The van der Waals surface area contributed by atoms with Crippen molar-refractivity contribution in [2.24, 2.45) is 5.92 Å². The SMILES string of the molecule is O=C(Nc1cc(C(F)(F)F)c[nH]c1=O)N1CCC[C@@H]1C1CCCCC1. The molecule has 2 heterocycles. The highest BCUT2D eigenvalue weighted by Crippen LogP contribution is 2.34. The molecule has 1 aliphatic carbocycles. The van der Waals surface area contributed by atoms with Crippen LogP contribution in [0.4, 0.5) is 23.7 Å². The van der Waals surface area contributed by atoms with Gasteiger partial charge in [-0.1, -0.05) is 19.3 Å². The maximum atomic E-state index is 12.8. The Morgan fingerprint density at radius 3 is 2.56 bits per heavy atom. The summed E-state index contributed by atoms with van der Waals surface area (Å²) in [6.07, 6.45) is 3.52. The Hall–Kier alpha value is -1.99. The van der Waals surface area contributed by atoms with E-state index in [-0.39, 0.29) is 11.7 Å². The molecule has 0 aromatic carbocycles. The number of hydrogen-bond donors (Lipinski definition) is 2. The van der Waals surface area contributed by atoms with Crippen LogP contribution >= 0.6 is 0 Å². The molecule has 1 aliphatic heterocycles. The zero-order valence-corrected chi connectivity index (χ0v) is 13.9. The molecule has 1 aromatic rings. The van der Waals surface area contributed by atoms with Crippen molar-refractivity contribution in [2.75, 3.05) is 11.9 Å². The highest BCUT2D eigenvalue weighted by Gasteiger charge is 2.36. The highest BCUT2D eigenvalue weighted by molar-refractivity contribution is 5.89. The average molecular weight is 357 g/mol. The van der Waals surface area contributed by atoms with Gasteiger partial charge in [-0.25, -0.2) is 4.79 Å². The Kier molecular flexibility index (Phi) is 5.06. The first-order chi connectivity index (χ1) is 11.9. The zero-order chi connectivity index (χ0) is 18.0. The van der Waals surface area contributed by atoms with Gasteiger partial charge in [-0.15, -0.1) is 0 Å². The third kappa shape index (κ3) is 3.99. The number of alkyl halides is 3. The number of anilines is 1. The standard InChI is InChI=1S/C17H22F3N3O2/c18-17(19,20)12-9-13(15(24)21-10-12)22-16(25)23-8-4-7-14(23)11-5-2-1-3-6-11/h9-11,14H,1-8H2,(H,21,24)(H,22,25)/t14-/m1/s1. The van der Waals surface area contributed by atoms with Crippen LogP contribution in [0.15, 0.2) is 17.1 Å². The minimum atomic E-state index is -4.58. The molecule has 1 aromatic heterocycles. The summed E-state index contributed by atoms with van der Waals surface area (Å²) in [4.78, 5) is 28.1. The van der Waals surface area contributed by atoms with Gasteiger partial charge in [0, 0.05) is 18.8 Å². The molecule has 1 saturated carbocycles. The fourth-order valence-corrected chi connectivity index (χ4v) is 3.98. The molecule has 0 radical (unpaired) electrons. The number of hydrogen-bond acceptors (Lipinski definition) is 2. The summed E-state index contributed by atoms with van der Waals surface area (Å²) in [5, 5.41) is 2.38. The van der Waals surface area contributed by atoms with Crippen LogP contribution in [0.25, 0.3) is 0 Å². The number of pyridine rings is 1. The molecule has 25 heavy (non-hydrogen) atoms. The van der Waals surface area contributed by atoms with E-state index in [0.717, 1.165) is 38.5 Å². The van der Waals surface area contributed by atoms with E-state index >= 15 is 0 Å². The summed E-state index contributed by atoms with van der Waals surface area (Å²) in [5.41, 5.74) is -2.10. The lowest BCUT2D eigenvalue weighted by Gasteiger charge is -2.34. The van der Waals surface area contributed by atoms with Crippen molar-refractivity contribution in [3.63, 3.8) is 0 Å². The molecule has 2 fully saturated rings. The van der Waals surface area contributed by atoms with E-state index in [1.807, 2.05) is 4.98 Å². The van der Waals surface area contributed by atoms with Gasteiger partial charge in [-0.2, -0.15) is 13.2 Å². The summed E-state index contributed by atoms with van der Waals surface area (Å²) in [6, 6.07) is 0.311. The Labute approximate surface area is 143 Å². The minimum absolute atomic E-state index is 0.116. The van der Waals surface area contributed by atoms with Gasteiger partial charge in [0.25, 0.3) is 5.56 Å². The molecular weight excluding hydrogens is 335 g/mol. The monoisotopic (exact) mass is 357 g/mol. The number of carbonyl (C=O) groups is 1. The maximum absolute atomic E-state index is 12.8. The second-order valence-electron chi connectivity index (χ2n) is 6.86. The summed E-state index contributed by atoms with van der Waals surface area (Å²) >= 11 is 0. The van der Waals surface area contributed by atoms with Crippen LogP contribution in [-0.2, 0) is 6.18 Å². The molecule has 0 spiro atoms. The quantitative estimate of drug-likeness (QED) is 0.841. The van der Waals surface area contributed by atoms with E-state index < -0.39 is 23.3 Å². The number of H-pyrrole nitrogens is 1. The predicted octanol–water partition coefficient (Wildman–Crippen LogP) is 3.97. The van der Waals surface area contributed by atoms with Gasteiger partial charge >= 0.3 is 12.2 Å². The van der Waals surface area contributed by atoms with E-state index in [0.29, 0.717) is 24.7 Å². The van der Waals surface area contributed by atoms with Crippen molar-refractivity contribution in [2.45, 2.75) is 57.2 Å². The summed E-state index contributed by atoms with van der Waals surface area (Å²) in [6.45, 7) is 0.573. The normalized spacial score (nSPS) is 22.2. The third-order valence-electron chi connectivity index (χ3n) is 5.23. The molecule has 1 saturated heterocycles. The van der Waals surface area contributed by atoms with Gasteiger partial charge in [-0.05, 0) is 37.7 Å². The van der Waals surface area contributed by atoms with Crippen LogP contribution in [0.2, 0.25) is 0 Å². The summed E-state index contributed by atoms with van der Waals surface area (Å²) < 4.78 is 38.4. The number of aromatic amines is 1. The molecule has 8 heteroatoms. The van der Waals surface area contributed by atoms with Crippen molar-refractivity contribution in [3.05, 3.63) is 28.2 Å². The number of nitrogens with one attached hydrogen (secondary N) is 2. The van der Waals surface area contributed by atoms with E-state index in [9.17, 15) is 22.8 Å². The number of likely N-dealkylation sites (tertiary alicyclic amines) is 1. The molecule has 1 atom stereocenters. The van der Waals surface area contributed by atoms with Crippen LogP contribution in [0.5, 0.6) is 0 Å². The van der Waals surface area contributed by atoms with Crippen LogP contribution in [0.1, 0.15) is 50.5 Å². The second kappa shape index (κ2) is 7.09. The first kappa shape index (κ1) is 17.8. The number of urea groups is 1. The van der Waals surface area contributed by atoms with Crippen molar-refractivity contribution in [3.8, 4) is 0 Å². The minimum Gasteiger partial charge on any atom is -0.327 e. The molecule has 2 N–H and O–H groups in total. The molecule has 5 nitrogen and oxygen atoms in total. The summed E-state index contributed by atoms with van der Waals surface area (Å²) in [5.74, 6) is 0.446. The first-order valence-corrected chi connectivity index (χ1v) is 8.74. The number of carbonyl (C=O) groups excluding carboxylic acids is 1. The van der Waals surface area contributed by atoms with Gasteiger partial charge in [0.15, 0.2) is 0 Å². The Balaban J connectivity index is 1.74. The van der Waals surface area contributed by atoms with Crippen LogP contribution in [-0.4, -0.2) is 28.5 Å². The number of nitrogens with zero attached hydrogens (tertiary/aromatic N) is 1. The largest absolute Gasteiger partial charge is 0.417 e. The molecule has 0 bridgehead atoms. The van der Waals surface area contributed by atoms with Gasteiger partial charge in [-0.3, -0.25) is 4.79 Å². The lowest BCUT2D eigenvalue weighted by molar-refractivity contribution is -0.137. The summed E-state index contributed by atoms with van der Waals surface area (Å²) in [7, 11) is 0. The Bertz CT molecular complexity index is 680. The smallest absolute Gasteiger partial charge is 0.327 e. The van der Waals surface area contributed by atoms with Crippen molar-refractivity contribution < 1.29 is 18.0 Å². The van der Waals surface area contributed by atoms with E-state index in [1.165, 1.54) is 6.42 Å². The van der Waals surface area contributed by atoms with Gasteiger partial charge in [0.05, 0.1) is 5.56 Å². The third-order valence-corrected chi connectivity index (χ3v) is 5.23. The van der Waals surface area contributed by atoms with Crippen LogP contribution in [0, 0.1) is 5.92 Å². The van der Waals surface area contributed by atoms with Gasteiger partial charge in [0.2, 0.25) is 0 Å². The van der Waals surface area contributed by atoms with E-state index in [4.69, 9.17) is 0 Å². The lowest BCUT2D eigenvalue weighted by atomic mass is 9.83. The maximum Gasteiger partial charge on any atom is 0.417 e. The van der Waals surface area contributed by atoms with Crippen LogP contribution in [0.3, 0.4) is 0 Å². The second-order valence-corrected chi connectivity index (χ2v) is 6.86. The van der Waals surface area contributed by atoms with E-state index in [2.05, 4.69) is 5.32 Å². The van der Waals surface area contributed by atoms with Gasteiger partial charge in [0.1, 0.15) is 5.69 Å². The number of rotatable bonds is 2.